The van der Waals surface area contributed by atoms with E-state index < -0.39 is 21.2 Å². The fraction of sp³-hybridized carbons (Fsp3) is 0.259. The Bertz CT molecular complexity index is 1680. The number of pyridine rings is 1. The molecule has 196 valence electrons. The Hall–Kier alpha value is -3.93. The molecule has 11 heteroatoms. The number of morpholine rings is 1. The number of sulfone groups is 1. The number of anilines is 2. The largest absolute Gasteiger partial charge is 0.371 e. The van der Waals surface area contributed by atoms with Crippen LogP contribution in [-0.4, -0.2) is 54.7 Å². The molecule has 1 unspecified atom stereocenters. The first kappa shape index (κ1) is 25.7. The highest BCUT2D eigenvalue weighted by atomic mass is 32.2. The summed E-state index contributed by atoms with van der Waals surface area (Å²) in [5.41, 5.74) is 1.92. The van der Waals surface area contributed by atoms with Crippen LogP contribution in [0.15, 0.2) is 70.5 Å². The summed E-state index contributed by atoms with van der Waals surface area (Å²) in [5, 5.41) is 6.95. The SMILES string of the molecule is CC(=O)c1cc2cnc(Nc3ccc(C4CNCCO4)cc3)nc2n(Cc2ccccc2S(C)(=O)=O)c1=O. The Kier molecular flexibility index (Phi) is 7.06. The van der Waals surface area contributed by atoms with Gasteiger partial charge in [0.2, 0.25) is 5.95 Å². The molecule has 38 heavy (non-hydrogen) atoms. The molecule has 1 aliphatic heterocycles. The third kappa shape index (κ3) is 5.35. The smallest absolute Gasteiger partial charge is 0.263 e. The van der Waals surface area contributed by atoms with Crippen LogP contribution in [0.3, 0.4) is 0 Å². The second-order valence-electron chi connectivity index (χ2n) is 9.17. The number of Topliss-reactive ketones (excluding diaryl/α,β-unsaturated/α-hetero) is 1. The van der Waals surface area contributed by atoms with Gasteiger partial charge in [-0.1, -0.05) is 30.3 Å². The highest BCUT2D eigenvalue weighted by Gasteiger charge is 2.19. The van der Waals surface area contributed by atoms with Crippen LogP contribution in [0, 0.1) is 0 Å². The van der Waals surface area contributed by atoms with Crippen molar-refractivity contribution in [3.05, 3.63) is 87.8 Å². The van der Waals surface area contributed by atoms with Crippen molar-refractivity contribution in [2.45, 2.75) is 24.5 Å². The molecule has 2 aromatic heterocycles. The van der Waals surface area contributed by atoms with Crippen LogP contribution in [0.1, 0.15) is 34.5 Å². The molecule has 0 saturated carbocycles. The van der Waals surface area contributed by atoms with E-state index in [0.29, 0.717) is 17.6 Å². The Morgan fingerprint density at radius 2 is 1.95 bits per heavy atom. The van der Waals surface area contributed by atoms with Gasteiger partial charge in [-0.3, -0.25) is 14.2 Å². The number of hydrogen-bond acceptors (Lipinski definition) is 9. The number of rotatable bonds is 7. The molecule has 0 aliphatic carbocycles. The van der Waals surface area contributed by atoms with Gasteiger partial charge in [-0.2, -0.15) is 4.98 Å². The lowest BCUT2D eigenvalue weighted by molar-refractivity contribution is 0.0277. The summed E-state index contributed by atoms with van der Waals surface area (Å²) in [4.78, 5) is 34.6. The van der Waals surface area contributed by atoms with Gasteiger partial charge in [-0.15, -0.1) is 0 Å². The molecule has 2 aromatic carbocycles. The fourth-order valence-corrected chi connectivity index (χ4v) is 5.41. The van der Waals surface area contributed by atoms with Gasteiger partial charge in [0, 0.05) is 36.6 Å². The molecule has 0 amide bonds. The van der Waals surface area contributed by atoms with Crippen LogP contribution in [0.5, 0.6) is 0 Å². The van der Waals surface area contributed by atoms with Crippen molar-refractivity contribution in [1.29, 1.82) is 0 Å². The minimum Gasteiger partial charge on any atom is -0.371 e. The predicted octanol–water partition coefficient (Wildman–Crippen LogP) is 2.85. The normalized spacial score (nSPS) is 15.9. The van der Waals surface area contributed by atoms with Crippen molar-refractivity contribution < 1.29 is 17.9 Å². The Labute approximate surface area is 219 Å². The minimum atomic E-state index is -3.55. The van der Waals surface area contributed by atoms with E-state index in [1.54, 1.807) is 18.2 Å². The zero-order valence-corrected chi connectivity index (χ0v) is 21.8. The van der Waals surface area contributed by atoms with E-state index in [1.807, 2.05) is 24.3 Å². The van der Waals surface area contributed by atoms with Gasteiger partial charge >= 0.3 is 0 Å². The molecule has 3 heterocycles. The van der Waals surface area contributed by atoms with E-state index in [-0.39, 0.29) is 34.7 Å². The molecular weight excluding hydrogens is 506 g/mol. The summed E-state index contributed by atoms with van der Waals surface area (Å²) < 4.78 is 31.8. The van der Waals surface area contributed by atoms with Crippen molar-refractivity contribution in [1.82, 2.24) is 19.9 Å². The van der Waals surface area contributed by atoms with E-state index in [1.165, 1.54) is 29.8 Å². The molecule has 2 N–H and O–H groups in total. The molecular formula is C27H27N5O5S. The van der Waals surface area contributed by atoms with E-state index >= 15 is 0 Å². The molecule has 1 atom stereocenters. The molecule has 0 radical (unpaired) electrons. The minimum absolute atomic E-state index is 0.00515. The number of benzene rings is 2. The first-order valence-corrected chi connectivity index (χ1v) is 14.0. The third-order valence-electron chi connectivity index (χ3n) is 6.37. The number of aromatic nitrogens is 3. The van der Waals surface area contributed by atoms with Gasteiger partial charge in [-0.05, 0) is 42.3 Å². The number of hydrogen-bond donors (Lipinski definition) is 2. The topological polar surface area (TPSA) is 132 Å². The van der Waals surface area contributed by atoms with Crippen LogP contribution in [-0.2, 0) is 21.1 Å². The predicted molar refractivity (Wildman–Crippen MR) is 144 cm³/mol. The van der Waals surface area contributed by atoms with Crippen LogP contribution in [0.4, 0.5) is 11.6 Å². The average molecular weight is 534 g/mol. The Morgan fingerprint density at radius 3 is 2.63 bits per heavy atom. The first-order valence-electron chi connectivity index (χ1n) is 12.1. The quantitative estimate of drug-likeness (QED) is 0.344. The highest BCUT2D eigenvalue weighted by Crippen LogP contribution is 2.23. The van der Waals surface area contributed by atoms with Crippen LogP contribution < -0.4 is 16.2 Å². The summed E-state index contributed by atoms with van der Waals surface area (Å²) in [6.07, 6.45) is 2.64. The molecule has 1 saturated heterocycles. The molecule has 1 aliphatic rings. The van der Waals surface area contributed by atoms with E-state index in [9.17, 15) is 18.0 Å². The van der Waals surface area contributed by atoms with Gasteiger partial charge in [-0.25, -0.2) is 13.4 Å². The number of ketones is 1. The van der Waals surface area contributed by atoms with Gasteiger partial charge < -0.3 is 15.4 Å². The number of carbonyl (C=O) groups excluding carboxylic acids is 1. The molecule has 4 aromatic rings. The van der Waals surface area contributed by atoms with Crippen molar-refractivity contribution in [3.8, 4) is 0 Å². The van der Waals surface area contributed by atoms with Crippen LogP contribution >= 0.6 is 0 Å². The Morgan fingerprint density at radius 1 is 1.18 bits per heavy atom. The monoisotopic (exact) mass is 533 g/mol. The first-order chi connectivity index (χ1) is 18.2. The van der Waals surface area contributed by atoms with E-state index in [2.05, 4.69) is 20.6 Å². The van der Waals surface area contributed by atoms with Crippen molar-refractivity contribution in [2.24, 2.45) is 0 Å². The number of carbonyl (C=O) groups is 1. The maximum atomic E-state index is 13.3. The maximum absolute atomic E-state index is 13.3. The number of ether oxygens (including phenoxy) is 1. The number of nitrogens with zero attached hydrogens (tertiary/aromatic N) is 3. The van der Waals surface area contributed by atoms with Crippen molar-refractivity contribution in [2.75, 3.05) is 31.3 Å². The highest BCUT2D eigenvalue weighted by molar-refractivity contribution is 7.90. The second-order valence-corrected chi connectivity index (χ2v) is 11.2. The fourth-order valence-electron chi connectivity index (χ4n) is 4.47. The summed E-state index contributed by atoms with van der Waals surface area (Å²) >= 11 is 0. The van der Waals surface area contributed by atoms with Gasteiger partial charge in [0.1, 0.15) is 5.65 Å². The van der Waals surface area contributed by atoms with Crippen molar-refractivity contribution in [3.63, 3.8) is 0 Å². The molecule has 1 fully saturated rings. The zero-order valence-electron chi connectivity index (χ0n) is 21.0. The standard InChI is InChI=1S/C27H27N5O5S/c1-17(33)22-13-20-14-29-27(30-21-9-7-18(8-10-21)23-15-28-11-12-37-23)31-25(20)32(26(22)34)16-19-5-3-4-6-24(19)38(2,35)36/h3-10,13-14,23,28H,11-12,15-16H2,1-2H3,(H,29,30,31). The summed E-state index contributed by atoms with van der Waals surface area (Å²) in [7, 11) is -3.55. The zero-order chi connectivity index (χ0) is 26.9. The van der Waals surface area contributed by atoms with Gasteiger partial charge in [0.15, 0.2) is 15.6 Å². The molecule has 5 rings (SSSR count). The lowest BCUT2D eigenvalue weighted by Crippen LogP contribution is -2.33. The Balaban J connectivity index is 1.53. The van der Waals surface area contributed by atoms with Crippen LogP contribution in [0.2, 0.25) is 0 Å². The van der Waals surface area contributed by atoms with Crippen LogP contribution in [0.25, 0.3) is 11.0 Å². The molecule has 0 spiro atoms. The third-order valence-corrected chi connectivity index (χ3v) is 7.57. The summed E-state index contributed by atoms with van der Waals surface area (Å²) in [6.45, 7) is 3.49. The van der Waals surface area contributed by atoms with Crippen molar-refractivity contribution >= 4 is 38.3 Å². The van der Waals surface area contributed by atoms with Gasteiger partial charge in [0.25, 0.3) is 5.56 Å². The van der Waals surface area contributed by atoms with E-state index in [4.69, 9.17) is 4.74 Å². The summed E-state index contributed by atoms with van der Waals surface area (Å²) in [6, 6.07) is 15.7. The van der Waals surface area contributed by atoms with Gasteiger partial charge in [0.05, 0.1) is 29.7 Å². The number of fused-ring (bicyclic) bond motifs is 1. The second kappa shape index (κ2) is 10.4. The van der Waals surface area contributed by atoms with E-state index in [0.717, 1.165) is 30.6 Å². The summed E-state index contributed by atoms with van der Waals surface area (Å²) in [5.74, 6) is -0.151. The lowest BCUT2D eigenvalue weighted by atomic mass is 10.1. The molecule has 10 nitrogen and oxygen atoms in total. The lowest BCUT2D eigenvalue weighted by Gasteiger charge is -2.24. The average Bonchev–Trinajstić information content (AvgIpc) is 2.91. The number of nitrogens with one attached hydrogen (secondary N) is 2. The molecule has 0 bridgehead atoms. The maximum Gasteiger partial charge on any atom is 0.263 e.